The van der Waals surface area contributed by atoms with Gasteiger partial charge in [0.05, 0.1) is 6.61 Å². The molecule has 2 aromatic rings. The highest BCUT2D eigenvalue weighted by Crippen LogP contribution is 2.32. The molecule has 0 bridgehead atoms. The van der Waals surface area contributed by atoms with Crippen molar-refractivity contribution in [2.75, 3.05) is 20.2 Å². The van der Waals surface area contributed by atoms with Crippen molar-refractivity contribution < 1.29 is 9.90 Å². The number of benzene rings is 1. The van der Waals surface area contributed by atoms with E-state index in [1.54, 1.807) is 4.90 Å². The van der Waals surface area contributed by atoms with Crippen LogP contribution in [0.4, 0.5) is 0 Å². The molecule has 1 aromatic heterocycles. The molecule has 0 atom stereocenters. The molecule has 0 unspecified atom stereocenters. The highest BCUT2D eigenvalue weighted by Gasteiger charge is 2.28. The van der Waals surface area contributed by atoms with E-state index in [-0.39, 0.29) is 12.5 Å². The zero-order chi connectivity index (χ0) is 13.6. The van der Waals surface area contributed by atoms with Crippen LogP contribution in [0.3, 0.4) is 0 Å². The van der Waals surface area contributed by atoms with Crippen molar-refractivity contribution in [3.8, 4) is 0 Å². The van der Waals surface area contributed by atoms with Crippen LogP contribution in [0.15, 0.2) is 22.7 Å². The van der Waals surface area contributed by atoms with E-state index < -0.39 is 0 Å². The van der Waals surface area contributed by atoms with Gasteiger partial charge in [-0.15, -0.1) is 0 Å². The normalized spacial score (nSPS) is 15.1. The molecule has 5 heteroatoms. The number of aromatic nitrogens is 1. The minimum atomic E-state index is 0.0310. The second-order valence-electron chi connectivity index (χ2n) is 4.84. The molecular weight excluding hydrogens is 308 g/mol. The number of carbonyl (C=O) groups excluding carboxylic acids is 1. The summed E-state index contributed by atoms with van der Waals surface area (Å²) in [6.45, 7) is 1.23. The monoisotopic (exact) mass is 322 g/mol. The summed E-state index contributed by atoms with van der Waals surface area (Å²) in [5.41, 5.74) is 2.86. The number of hydrogen-bond donors (Lipinski definition) is 1. The Morgan fingerprint density at radius 2 is 2.21 bits per heavy atom. The van der Waals surface area contributed by atoms with Gasteiger partial charge in [0, 0.05) is 35.5 Å². The quantitative estimate of drug-likeness (QED) is 0.919. The molecule has 0 spiro atoms. The molecule has 1 aromatic carbocycles. The summed E-state index contributed by atoms with van der Waals surface area (Å²) in [7, 11) is 1.82. The summed E-state index contributed by atoms with van der Waals surface area (Å²) < 4.78 is 2.95. The zero-order valence-electron chi connectivity index (χ0n) is 10.7. The van der Waals surface area contributed by atoms with Gasteiger partial charge >= 0.3 is 0 Å². The number of aliphatic hydroxyl groups excluding tert-OH is 1. The van der Waals surface area contributed by atoms with Crippen molar-refractivity contribution in [3.05, 3.63) is 33.9 Å². The van der Waals surface area contributed by atoms with Gasteiger partial charge in [0.25, 0.3) is 5.91 Å². The Morgan fingerprint density at radius 3 is 2.95 bits per heavy atom. The molecular formula is C14H15BrN2O2. The minimum Gasteiger partial charge on any atom is -0.395 e. The SMILES string of the molecule is CN1CCc2c(n(CCO)c3ccc(Br)cc23)C1=O. The fourth-order valence-corrected chi connectivity index (χ4v) is 3.15. The number of aliphatic hydroxyl groups is 1. The molecule has 0 radical (unpaired) electrons. The predicted octanol–water partition coefficient (Wildman–Crippen LogP) is 2.02. The van der Waals surface area contributed by atoms with E-state index in [1.807, 2.05) is 23.7 Å². The van der Waals surface area contributed by atoms with Crippen molar-refractivity contribution in [2.45, 2.75) is 13.0 Å². The lowest BCUT2D eigenvalue weighted by Gasteiger charge is -2.24. The number of halogens is 1. The van der Waals surface area contributed by atoms with E-state index in [9.17, 15) is 9.90 Å². The number of nitrogens with zero attached hydrogens (tertiary/aromatic N) is 2. The van der Waals surface area contributed by atoms with Crippen LogP contribution in [0.25, 0.3) is 10.9 Å². The third-order valence-corrected chi connectivity index (χ3v) is 4.19. The first kappa shape index (κ1) is 12.7. The molecule has 100 valence electrons. The van der Waals surface area contributed by atoms with Crippen LogP contribution in [-0.2, 0) is 13.0 Å². The molecule has 19 heavy (non-hydrogen) atoms. The number of rotatable bonds is 2. The highest BCUT2D eigenvalue weighted by atomic mass is 79.9. The lowest BCUT2D eigenvalue weighted by molar-refractivity contribution is 0.0769. The van der Waals surface area contributed by atoms with E-state index in [0.29, 0.717) is 6.54 Å². The maximum Gasteiger partial charge on any atom is 0.270 e. The molecule has 0 saturated carbocycles. The zero-order valence-corrected chi connectivity index (χ0v) is 12.3. The molecule has 1 amide bonds. The Hall–Kier alpha value is -1.33. The molecule has 4 nitrogen and oxygen atoms in total. The van der Waals surface area contributed by atoms with Crippen LogP contribution in [0.1, 0.15) is 16.1 Å². The third kappa shape index (κ3) is 1.88. The third-order valence-electron chi connectivity index (χ3n) is 3.70. The van der Waals surface area contributed by atoms with Crippen LogP contribution in [-0.4, -0.2) is 40.7 Å². The van der Waals surface area contributed by atoms with Gasteiger partial charge in [0.1, 0.15) is 5.69 Å². The van der Waals surface area contributed by atoms with E-state index in [4.69, 9.17) is 0 Å². The average Bonchev–Trinajstić information content (AvgIpc) is 2.69. The highest BCUT2D eigenvalue weighted by molar-refractivity contribution is 9.10. The predicted molar refractivity (Wildman–Crippen MR) is 77.4 cm³/mol. The van der Waals surface area contributed by atoms with Gasteiger partial charge in [-0.1, -0.05) is 15.9 Å². The molecule has 1 N–H and O–H groups in total. The number of fused-ring (bicyclic) bond motifs is 3. The van der Waals surface area contributed by atoms with Crippen LogP contribution < -0.4 is 0 Å². The summed E-state index contributed by atoms with van der Waals surface area (Å²) in [6.07, 6.45) is 0.864. The summed E-state index contributed by atoms with van der Waals surface area (Å²) in [5, 5.41) is 10.4. The Balaban J connectivity index is 2.34. The Labute approximate surface area is 119 Å². The molecule has 1 aliphatic rings. The van der Waals surface area contributed by atoms with Crippen LogP contribution in [0.5, 0.6) is 0 Å². The topological polar surface area (TPSA) is 45.5 Å². The number of amides is 1. The van der Waals surface area contributed by atoms with Gasteiger partial charge < -0.3 is 14.6 Å². The summed E-state index contributed by atoms with van der Waals surface area (Å²) in [4.78, 5) is 14.1. The first-order valence-electron chi connectivity index (χ1n) is 6.30. The lowest BCUT2D eigenvalue weighted by atomic mass is 10.0. The summed E-state index contributed by atoms with van der Waals surface area (Å²) in [6, 6.07) is 6.02. The van der Waals surface area contributed by atoms with Gasteiger partial charge in [-0.2, -0.15) is 0 Å². The Kier molecular flexibility index (Phi) is 3.11. The molecule has 0 fully saturated rings. The van der Waals surface area contributed by atoms with Gasteiger partial charge in [-0.05, 0) is 30.2 Å². The van der Waals surface area contributed by atoms with Crippen LogP contribution in [0.2, 0.25) is 0 Å². The van der Waals surface area contributed by atoms with E-state index in [2.05, 4.69) is 22.0 Å². The van der Waals surface area contributed by atoms with Gasteiger partial charge in [0.15, 0.2) is 0 Å². The van der Waals surface area contributed by atoms with Crippen molar-refractivity contribution in [3.63, 3.8) is 0 Å². The van der Waals surface area contributed by atoms with Crippen molar-refractivity contribution in [1.29, 1.82) is 0 Å². The number of hydrogen-bond acceptors (Lipinski definition) is 2. The maximum absolute atomic E-state index is 12.4. The molecule has 3 rings (SSSR count). The first-order chi connectivity index (χ1) is 9.13. The molecule has 0 saturated heterocycles. The standard InChI is InChI=1S/C14H15BrN2O2/c1-16-5-4-10-11-8-9(15)2-3-12(11)17(6-7-18)13(10)14(16)19/h2-3,8,18H,4-7H2,1H3. The van der Waals surface area contributed by atoms with Crippen molar-refractivity contribution in [1.82, 2.24) is 9.47 Å². The van der Waals surface area contributed by atoms with E-state index in [1.165, 1.54) is 0 Å². The second kappa shape index (κ2) is 4.65. The molecule has 2 heterocycles. The maximum atomic E-state index is 12.4. The van der Waals surface area contributed by atoms with E-state index >= 15 is 0 Å². The number of likely N-dealkylation sites (N-methyl/N-ethyl adjacent to an activating group) is 1. The molecule has 0 aliphatic carbocycles. The first-order valence-corrected chi connectivity index (χ1v) is 7.09. The average molecular weight is 323 g/mol. The Morgan fingerprint density at radius 1 is 1.42 bits per heavy atom. The largest absolute Gasteiger partial charge is 0.395 e. The van der Waals surface area contributed by atoms with E-state index in [0.717, 1.165) is 39.6 Å². The van der Waals surface area contributed by atoms with Crippen LogP contribution in [0, 0.1) is 0 Å². The summed E-state index contributed by atoms with van der Waals surface area (Å²) in [5.74, 6) is 0.0435. The lowest BCUT2D eigenvalue weighted by Crippen LogP contribution is -2.35. The Bertz CT molecular complexity index is 663. The van der Waals surface area contributed by atoms with Gasteiger partial charge in [-0.3, -0.25) is 4.79 Å². The fraction of sp³-hybridized carbons (Fsp3) is 0.357. The molecule has 1 aliphatic heterocycles. The van der Waals surface area contributed by atoms with Crippen molar-refractivity contribution >= 4 is 32.7 Å². The van der Waals surface area contributed by atoms with Gasteiger partial charge in [0.2, 0.25) is 0 Å². The minimum absolute atomic E-state index is 0.0310. The second-order valence-corrected chi connectivity index (χ2v) is 5.76. The van der Waals surface area contributed by atoms with Gasteiger partial charge in [-0.25, -0.2) is 0 Å². The number of carbonyl (C=O) groups is 1. The summed E-state index contributed by atoms with van der Waals surface area (Å²) >= 11 is 3.48. The van der Waals surface area contributed by atoms with Crippen molar-refractivity contribution in [2.24, 2.45) is 0 Å². The smallest absolute Gasteiger partial charge is 0.270 e. The fourth-order valence-electron chi connectivity index (χ4n) is 2.79. The van der Waals surface area contributed by atoms with Crippen LogP contribution >= 0.6 is 15.9 Å².